The van der Waals surface area contributed by atoms with Gasteiger partial charge in [-0.3, -0.25) is 0 Å². The largest absolute Gasteiger partial charge is 0.416 e. The minimum Gasteiger partial charge on any atom is -0.416 e. The van der Waals surface area contributed by atoms with Gasteiger partial charge in [0.15, 0.2) is 0 Å². The van der Waals surface area contributed by atoms with Gasteiger partial charge in [-0.15, -0.1) is 10.2 Å². The Balaban J connectivity index is 2.02. The summed E-state index contributed by atoms with van der Waals surface area (Å²) in [4.78, 5) is 0. The molecule has 3 aromatic rings. The average Bonchev–Trinajstić information content (AvgIpc) is 2.88. The van der Waals surface area contributed by atoms with Crippen molar-refractivity contribution in [2.24, 2.45) is 0 Å². The molecule has 3 rings (SSSR count). The lowest BCUT2D eigenvalue weighted by Gasteiger charge is -1.99. The molecule has 100 valence electrons. The molecule has 2 N–H and O–H groups in total. The number of nitrogen functional groups attached to an aromatic ring is 1. The van der Waals surface area contributed by atoms with Crippen molar-refractivity contribution < 1.29 is 4.42 Å². The van der Waals surface area contributed by atoms with Crippen molar-refractivity contribution in [2.45, 2.75) is 0 Å². The maximum atomic E-state index is 6.11. The van der Waals surface area contributed by atoms with Gasteiger partial charge in [0, 0.05) is 16.3 Å². The smallest absolute Gasteiger partial charge is 0.249 e. The van der Waals surface area contributed by atoms with E-state index < -0.39 is 0 Å². The lowest BCUT2D eigenvalue weighted by molar-refractivity contribution is 0.584. The van der Waals surface area contributed by atoms with Crippen LogP contribution in [0.3, 0.4) is 0 Å². The van der Waals surface area contributed by atoms with Crippen LogP contribution in [0.4, 0.5) is 5.69 Å². The summed E-state index contributed by atoms with van der Waals surface area (Å²) < 4.78 is 5.63. The number of aromatic nitrogens is 2. The van der Waals surface area contributed by atoms with Crippen LogP contribution in [-0.2, 0) is 0 Å². The summed E-state index contributed by atoms with van der Waals surface area (Å²) in [6, 6.07) is 12.3. The van der Waals surface area contributed by atoms with Gasteiger partial charge >= 0.3 is 0 Å². The molecule has 0 saturated heterocycles. The predicted molar refractivity (Wildman–Crippen MR) is 79.6 cm³/mol. The van der Waals surface area contributed by atoms with E-state index in [4.69, 9.17) is 33.4 Å². The molecule has 2 aromatic carbocycles. The number of halogens is 2. The molecule has 1 aromatic heterocycles. The van der Waals surface area contributed by atoms with Crippen LogP contribution in [0.25, 0.3) is 22.9 Å². The van der Waals surface area contributed by atoms with Crippen LogP contribution in [0.15, 0.2) is 46.9 Å². The zero-order valence-electron chi connectivity index (χ0n) is 10.2. The SMILES string of the molecule is Nc1cccc(-c2nnc(-c3ccc(Cl)cc3Cl)o2)c1. The molecule has 0 aliphatic heterocycles. The van der Waals surface area contributed by atoms with Crippen LogP contribution >= 0.6 is 23.2 Å². The summed E-state index contributed by atoms with van der Waals surface area (Å²) in [7, 11) is 0. The van der Waals surface area contributed by atoms with E-state index in [1.54, 1.807) is 30.3 Å². The summed E-state index contributed by atoms with van der Waals surface area (Å²) in [5.41, 5.74) is 7.76. The number of rotatable bonds is 2. The first-order valence-electron chi connectivity index (χ1n) is 5.78. The van der Waals surface area contributed by atoms with E-state index in [0.29, 0.717) is 33.1 Å². The van der Waals surface area contributed by atoms with Crippen molar-refractivity contribution in [3.63, 3.8) is 0 Å². The molecular formula is C14H9Cl2N3O. The van der Waals surface area contributed by atoms with Gasteiger partial charge in [-0.1, -0.05) is 29.3 Å². The van der Waals surface area contributed by atoms with Crippen molar-refractivity contribution in [3.05, 3.63) is 52.5 Å². The van der Waals surface area contributed by atoms with E-state index in [-0.39, 0.29) is 0 Å². The standard InChI is InChI=1S/C14H9Cl2N3O/c15-9-4-5-11(12(16)7-9)14-19-18-13(20-14)8-2-1-3-10(17)6-8/h1-7H,17H2. The van der Waals surface area contributed by atoms with Gasteiger partial charge in [0.25, 0.3) is 0 Å². The number of benzene rings is 2. The van der Waals surface area contributed by atoms with Crippen molar-refractivity contribution >= 4 is 28.9 Å². The Labute approximate surface area is 125 Å². The van der Waals surface area contributed by atoms with E-state index in [2.05, 4.69) is 10.2 Å². The topological polar surface area (TPSA) is 64.9 Å². The molecule has 0 atom stereocenters. The Morgan fingerprint density at radius 1 is 0.950 bits per heavy atom. The second-order valence-corrected chi connectivity index (χ2v) is 5.01. The molecule has 0 radical (unpaired) electrons. The van der Waals surface area contributed by atoms with Gasteiger partial charge in [0.2, 0.25) is 11.8 Å². The highest BCUT2D eigenvalue weighted by atomic mass is 35.5. The highest BCUT2D eigenvalue weighted by Gasteiger charge is 2.13. The second kappa shape index (κ2) is 5.15. The maximum absolute atomic E-state index is 6.11. The fraction of sp³-hybridized carbons (Fsp3) is 0. The zero-order valence-corrected chi connectivity index (χ0v) is 11.7. The third kappa shape index (κ3) is 2.48. The Bertz CT molecular complexity index is 771. The number of hydrogen-bond acceptors (Lipinski definition) is 4. The Hall–Kier alpha value is -2.04. The molecule has 0 spiro atoms. The minimum atomic E-state index is 0.337. The molecule has 0 unspecified atom stereocenters. The van der Waals surface area contributed by atoms with Crippen LogP contribution < -0.4 is 5.73 Å². The fourth-order valence-electron chi connectivity index (χ4n) is 1.78. The van der Waals surface area contributed by atoms with Crippen molar-refractivity contribution in [1.82, 2.24) is 10.2 Å². The first-order valence-corrected chi connectivity index (χ1v) is 6.54. The van der Waals surface area contributed by atoms with Crippen LogP contribution in [0, 0.1) is 0 Å². The lowest BCUT2D eigenvalue weighted by Crippen LogP contribution is -1.84. The lowest BCUT2D eigenvalue weighted by atomic mass is 10.2. The Kier molecular flexibility index (Phi) is 3.34. The molecule has 20 heavy (non-hydrogen) atoms. The molecule has 0 aliphatic carbocycles. The van der Waals surface area contributed by atoms with Crippen LogP contribution in [0.2, 0.25) is 10.0 Å². The van der Waals surface area contributed by atoms with E-state index in [1.807, 2.05) is 12.1 Å². The molecule has 0 aliphatic rings. The Morgan fingerprint density at radius 2 is 1.75 bits per heavy atom. The molecule has 6 heteroatoms. The molecule has 1 heterocycles. The highest BCUT2D eigenvalue weighted by molar-refractivity contribution is 6.36. The molecular weight excluding hydrogens is 297 g/mol. The molecule has 0 amide bonds. The molecule has 0 saturated carbocycles. The minimum absolute atomic E-state index is 0.337. The van der Waals surface area contributed by atoms with E-state index in [9.17, 15) is 0 Å². The summed E-state index contributed by atoms with van der Waals surface area (Å²) in [6.45, 7) is 0. The van der Waals surface area contributed by atoms with Crippen LogP contribution in [0.1, 0.15) is 0 Å². The van der Waals surface area contributed by atoms with Crippen LogP contribution in [-0.4, -0.2) is 10.2 Å². The van der Waals surface area contributed by atoms with Gasteiger partial charge in [-0.25, -0.2) is 0 Å². The normalized spacial score (nSPS) is 10.7. The van der Waals surface area contributed by atoms with Gasteiger partial charge in [0.1, 0.15) is 0 Å². The average molecular weight is 306 g/mol. The summed E-state index contributed by atoms with van der Waals surface area (Å²) in [6.07, 6.45) is 0. The van der Waals surface area contributed by atoms with Crippen LogP contribution in [0.5, 0.6) is 0 Å². The van der Waals surface area contributed by atoms with Gasteiger partial charge in [-0.05, 0) is 36.4 Å². The van der Waals surface area contributed by atoms with Gasteiger partial charge in [0.05, 0.1) is 10.6 Å². The monoisotopic (exact) mass is 305 g/mol. The number of anilines is 1. The second-order valence-electron chi connectivity index (χ2n) is 4.16. The first-order chi connectivity index (χ1) is 9.63. The third-order valence-electron chi connectivity index (χ3n) is 2.72. The number of nitrogens with zero attached hydrogens (tertiary/aromatic N) is 2. The summed E-state index contributed by atoms with van der Waals surface area (Å²) in [5.74, 6) is 0.724. The quantitative estimate of drug-likeness (QED) is 0.717. The van der Waals surface area contributed by atoms with Crippen molar-refractivity contribution in [2.75, 3.05) is 5.73 Å². The highest BCUT2D eigenvalue weighted by Crippen LogP contribution is 2.31. The number of hydrogen-bond donors (Lipinski definition) is 1. The summed E-state index contributed by atoms with van der Waals surface area (Å²) >= 11 is 12.0. The predicted octanol–water partition coefficient (Wildman–Crippen LogP) is 4.29. The zero-order chi connectivity index (χ0) is 14.1. The third-order valence-corrected chi connectivity index (χ3v) is 3.27. The first kappa shape index (κ1) is 13.0. The molecule has 0 bridgehead atoms. The molecule has 0 fully saturated rings. The fourth-order valence-corrected chi connectivity index (χ4v) is 2.27. The van der Waals surface area contributed by atoms with E-state index in [0.717, 1.165) is 5.56 Å². The molecule has 4 nitrogen and oxygen atoms in total. The number of nitrogens with two attached hydrogens (primary N) is 1. The van der Waals surface area contributed by atoms with Gasteiger partial charge < -0.3 is 10.2 Å². The maximum Gasteiger partial charge on any atom is 0.249 e. The van der Waals surface area contributed by atoms with Gasteiger partial charge in [-0.2, -0.15) is 0 Å². The van der Waals surface area contributed by atoms with Crippen molar-refractivity contribution in [3.8, 4) is 22.9 Å². The van der Waals surface area contributed by atoms with E-state index in [1.165, 1.54) is 0 Å². The Morgan fingerprint density at radius 3 is 2.50 bits per heavy atom. The van der Waals surface area contributed by atoms with E-state index >= 15 is 0 Å². The van der Waals surface area contributed by atoms with Crippen molar-refractivity contribution in [1.29, 1.82) is 0 Å². The summed E-state index contributed by atoms with van der Waals surface area (Å²) in [5, 5.41) is 9.01.